The Kier molecular flexibility index (Phi) is 3.58. The largest absolute Gasteiger partial charge is 0.431 e. The molecule has 4 nitrogen and oxygen atoms in total. The van der Waals surface area contributed by atoms with Gasteiger partial charge in [0.15, 0.2) is 0 Å². The zero-order chi connectivity index (χ0) is 15.9. The molecule has 1 N–H and O–H groups in total. The smallest absolute Gasteiger partial charge is 0.352 e. The first-order valence-electron chi connectivity index (χ1n) is 7.18. The van der Waals surface area contributed by atoms with Gasteiger partial charge in [-0.1, -0.05) is 0 Å². The average Bonchev–Trinajstić information content (AvgIpc) is 3.21. The SMILES string of the molecule is C[C@@H](Cn1c(C(F)(F)F)cc2cccnc21)NC(=O)C1CC1. The molecule has 22 heavy (non-hydrogen) atoms. The summed E-state index contributed by atoms with van der Waals surface area (Å²) in [6.07, 6.45) is -1.27. The Morgan fingerprint density at radius 1 is 1.50 bits per heavy atom. The maximum atomic E-state index is 13.2. The summed E-state index contributed by atoms with van der Waals surface area (Å²) < 4.78 is 40.7. The van der Waals surface area contributed by atoms with Crippen LogP contribution in [0, 0.1) is 5.92 Å². The Morgan fingerprint density at radius 3 is 2.86 bits per heavy atom. The maximum absolute atomic E-state index is 13.2. The third kappa shape index (κ3) is 2.93. The summed E-state index contributed by atoms with van der Waals surface area (Å²) in [5.41, 5.74) is -0.462. The van der Waals surface area contributed by atoms with Gasteiger partial charge in [-0.25, -0.2) is 4.98 Å². The van der Waals surface area contributed by atoms with Crippen LogP contribution in [0.1, 0.15) is 25.5 Å². The predicted molar refractivity (Wildman–Crippen MR) is 75.1 cm³/mol. The highest BCUT2D eigenvalue weighted by molar-refractivity contribution is 5.81. The Balaban J connectivity index is 1.89. The van der Waals surface area contributed by atoms with Gasteiger partial charge in [0.2, 0.25) is 5.91 Å². The average molecular weight is 311 g/mol. The molecule has 7 heteroatoms. The highest BCUT2D eigenvalue weighted by atomic mass is 19.4. The molecule has 1 saturated carbocycles. The van der Waals surface area contributed by atoms with E-state index in [1.807, 2.05) is 0 Å². The summed E-state index contributed by atoms with van der Waals surface area (Å²) in [6.45, 7) is 1.74. The maximum Gasteiger partial charge on any atom is 0.431 e. The molecule has 118 valence electrons. The summed E-state index contributed by atoms with van der Waals surface area (Å²) in [7, 11) is 0. The fourth-order valence-corrected chi connectivity index (χ4v) is 2.53. The van der Waals surface area contributed by atoms with Gasteiger partial charge in [0.1, 0.15) is 11.3 Å². The molecule has 2 aromatic rings. The summed E-state index contributed by atoms with van der Waals surface area (Å²) in [5.74, 6) is -0.0467. The lowest BCUT2D eigenvalue weighted by Gasteiger charge is -2.18. The number of hydrogen-bond donors (Lipinski definition) is 1. The molecule has 1 aliphatic carbocycles. The van der Waals surface area contributed by atoms with Gasteiger partial charge in [-0.3, -0.25) is 4.79 Å². The van der Waals surface area contributed by atoms with Crippen molar-refractivity contribution in [3.05, 3.63) is 30.1 Å². The van der Waals surface area contributed by atoms with Gasteiger partial charge in [0.25, 0.3) is 0 Å². The van der Waals surface area contributed by atoms with E-state index in [1.165, 1.54) is 6.20 Å². The molecule has 0 saturated heterocycles. The Morgan fingerprint density at radius 2 is 2.23 bits per heavy atom. The molecule has 0 unspecified atom stereocenters. The third-order valence-corrected chi connectivity index (χ3v) is 3.74. The van der Waals surface area contributed by atoms with Crippen LogP contribution in [0.2, 0.25) is 0 Å². The summed E-state index contributed by atoms with van der Waals surface area (Å²) in [5, 5.41) is 3.21. The van der Waals surface area contributed by atoms with Crippen molar-refractivity contribution in [3.63, 3.8) is 0 Å². The van der Waals surface area contributed by atoms with E-state index in [9.17, 15) is 18.0 Å². The van der Waals surface area contributed by atoms with E-state index >= 15 is 0 Å². The molecule has 0 radical (unpaired) electrons. The van der Waals surface area contributed by atoms with Gasteiger partial charge in [0.05, 0.1) is 0 Å². The normalized spacial score (nSPS) is 16.7. The lowest BCUT2D eigenvalue weighted by atomic mass is 10.3. The minimum atomic E-state index is -4.46. The topological polar surface area (TPSA) is 46.9 Å². The second-order valence-corrected chi connectivity index (χ2v) is 5.74. The molecule has 2 aromatic heterocycles. The van der Waals surface area contributed by atoms with Gasteiger partial charge in [-0.15, -0.1) is 0 Å². The van der Waals surface area contributed by atoms with Crippen molar-refractivity contribution in [2.45, 2.75) is 38.5 Å². The van der Waals surface area contributed by atoms with E-state index in [0.717, 1.165) is 23.5 Å². The predicted octanol–water partition coefficient (Wildman–Crippen LogP) is 2.97. The number of pyridine rings is 1. The van der Waals surface area contributed by atoms with Gasteiger partial charge in [0, 0.05) is 30.1 Å². The van der Waals surface area contributed by atoms with Crippen LogP contribution in [-0.2, 0) is 17.5 Å². The fraction of sp³-hybridized carbons (Fsp3) is 0.467. The second-order valence-electron chi connectivity index (χ2n) is 5.74. The van der Waals surface area contributed by atoms with Gasteiger partial charge in [-0.05, 0) is 38.0 Å². The van der Waals surface area contributed by atoms with E-state index in [0.29, 0.717) is 5.39 Å². The Labute approximate surface area is 125 Å². The van der Waals surface area contributed by atoms with Crippen molar-refractivity contribution < 1.29 is 18.0 Å². The van der Waals surface area contributed by atoms with Crippen LogP contribution in [0.3, 0.4) is 0 Å². The number of amides is 1. The van der Waals surface area contributed by atoms with Gasteiger partial charge < -0.3 is 9.88 Å². The van der Waals surface area contributed by atoms with Crippen molar-refractivity contribution >= 4 is 16.9 Å². The highest BCUT2D eigenvalue weighted by Gasteiger charge is 2.36. The van der Waals surface area contributed by atoms with Crippen LogP contribution in [-0.4, -0.2) is 21.5 Å². The number of alkyl halides is 3. The zero-order valence-corrected chi connectivity index (χ0v) is 12.0. The van der Waals surface area contributed by atoms with Crippen molar-refractivity contribution in [3.8, 4) is 0 Å². The van der Waals surface area contributed by atoms with Crippen molar-refractivity contribution in [1.82, 2.24) is 14.9 Å². The quantitative estimate of drug-likeness (QED) is 0.943. The monoisotopic (exact) mass is 311 g/mol. The van der Waals surface area contributed by atoms with Gasteiger partial charge >= 0.3 is 6.18 Å². The number of carbonyl (C=O) groups excluding carboxylic acids is 1. The van der Waals surface area contributed by atoms with Crippen molar-refractivity contribution in [1.29, 1.82) is 0 Å². The first kappa shape index (κ1) is 14.9. The molecule has 0 aliphatic heterocycles. The second kappa shape index (κ2) is 5.30. The number of halogens is 3. The molecule has 0 bridgehead atoms. The first-order valence-corrected chi connectivity index (χ1v) is 7.18. The molecule has 0 aromatic carbocycles. The van der Waals surface area contributed by atoms with Gasteiger partial charge in [-0.2, -0.15) is 13.2 Å². The zero-order valence-electron chi connectivity index (χ0n) is 12.0. The first-order chi connectivity index (χ1) is 10.4. The highest BCUT2D eigenvalue weighted by Crippen LogP contribution is 2.33. The van der Waals surface area contributed by atoms with Crippen molar-refractivity contribution in [2.75, 3.05) is 0 Å². The van der Waals surface area contributed by atoms with E-state index < -0.39 is 17.9 Å². The number of carbonyl (C=O) groups is 1. The molecule has 3 rings (SSSR count). The van der Waals surface area contributed by atoms with Crippen LogP contribution in [0.5, 0.6) is 0 Å². The van der Waals surface area contributed by atoms with E-state index in [1.54, 1.807) is 19.1 Å². The van der Waals surface area contributed by atoms with Crippen LogP contribution in [0.4, 0.5) is 13.2 Å². The molecule has 2 heterocycles. The summed E-state index contributed by atoms with van der Waals surface area (Å²) >= 11 is 0. The number of hydrogen-bond acceptors (Lipinski definition) is 2. The standard InChI is InChI=1S/C15H16F3N3O/c1-9(20-14(22)10-4-5-10)8-21-12(15(16,17)18)7-11-3-2-6-19-13(11)21/h2-3,6-7,9-10H,4-5,8H2,1H3,(H,20,22)/t9-/m0/s1. The number of aromatic nitrogens is 2. The number of rotatable bonds is 4. The number of nitrogens with zero attached hydrogens (tertiary/aromatic N) is 2. The van der Waals surface area contributed by atoms with Crippen LogP contribution < -0.4 is 5.32 Å². The Bertz CT molecular complexity index is 704. The van der Waals surface area contributed by atoms with E-state index in [2.05, 4.69) is 10.3 Å². The summed E-state index contributed by atoms with van der Waals surface area (Å²) in [6, 6.07) is 3.90. The van der Waals surface area contributed by atoms with Crippen LogP contribution >= 0.6 is 0 Å². The lowest BCUT2D eigenvalue weighted by molar-refractivity contribution is -0.143. The fourth-order valence-electron chi connectivity index (χ4n) is 2.53. The van der Waals surface area contributed by atoms with Crippen LogP contribution in [0.25, 0.3) is 11.0 Å². The van der Waals surface area contributed by atoms with Crippen molar-refractivity contribution in [2.24, 2.45) is 5.92 Å². The minimum absolute atomic E-state index is 0.0315. The number of fused-ring (bicyclic) bond motifs is 1. The molecule has 1 amide bonds. The molecular formula is C15H16F3N3O. The van der Waals surface area contributed by atoms with E-state index in [-0.39, 0.29) is 24.0 Å². The summed E-state index contributed by atoms with van der Waals surface area (Å²) in [4.78, 5) is 15.8. The molecule has 1 fully saturated rings. The third-order valence-electron chi connectivity index (χ3n) is 3.74. The minimum Gasteiger partial charge on any atom is -0.352 e. The lowest BCUT2D eigenvalue weighted by Crippen LogP contribution is -2.37. The van der Waals surface area contributed by atoms with Crippen LogP contribution in [0.15, 0.2) is 24.4 Å². The molecule has 1 atom stereocenters. The Hall–Kier alpha value is -2.05. The van der Waals surface area contributed by atoms with E-state index in [4.69, 9.17) is 0 Å². The molecule has 0 spiro atoms. The molecule has 1 aliphatic rings. The molecular weight excluding hydrogens is 295 g/mol. The number of nitrogens with one attached hydrogen (secondary N) is 1.